The summed E-state index contributed by atoms with van der Waals surface area (Å²) in [5.74, 6) is -6.88. The Balaban J connectivity index is 2.50. The molecule has 5 nitrogen and oxygen atoms in total. The Bertz CT molecular complexity index is 915. The van der Waals surface area contributed by atoms with Gasteiger partial charge in [0.2, 0.25) is 0 Å². The summed E-state index contributed by atoms with van der Waals surface area (Å²) in [5.41, 5.74) is -0.908. The SMILES string of the molecule is CCOC(=O)C(F)(F)c1c(Br)cccc1Oc1cc(C#N)cc(OC(F)F)c1. The van der Waals surface area contributed by atoms with Gasteiger partial charge in [-0.15, -0.1) is 0 Å². The van der Waals surface area contributed by atoms with Gasteiger partial charge in [0.1, 0.15) is 17.2 Å². The van der Waals surface area contributed by atoms with E-state index in [1.165, 1.54) is 19.1 Å². The molecule has 2 rings (SSSR count). The molecule has 28 heavy (non-hydrogen) atoms. The number of esters is 1. The van der Waals surface area contributed by atoms with Gasteiger partial charge in [0.15, 0.2) is 0 Å². The van der Waals surface area contributed by atoms with Crippen LogP contribution in [0.4, 0.5) is 17.6 Å². The van der Waals surface area contributed by atoms with Crippen molar-refractivity contribution in [3.8, 4) is 23.3 Å². The van der Waals surface area contributed by atoms with E-state index in [4.69, 9.17) is 10.00 Å². The minimum Gasteiger partial charge on any atom is -0.461 e. The lowest BCUT2D eigenvalue weighted by Gasteiger charge is -2.20. The van der Waals surface area contributed by atoms with E-state index >= 15 is 0 Å². The fourth-order valence-corrected chi connectivity index (χ4v) is 2.81. The highest BCUT2D eigenvalue weighted by molar-refractivity contribution is 9.10. The zero-order chi connectivity index (χ0) is 20.9. The van der Waals surface area contributed by atoms with Crippen LogP contribution in [0, 0.1) is 11.3 Å². The van der Waals surface area contributed by atoms with Gasteiger partial charge in [-0.05, 0) is 31.2 Å². The maximum Gasteiger partial charge on any atom is 0.387 e. The lowest BCUT2D eigenvalue weighted by Crippen LogP contribution is -2.29. The molecule has 0 saturated carbocycles. The number of hydrogen-bond donors (Lipinski definition) is 0. The highest BCUT2D eigenvalue weighted by atomic mass is 79.9. The first-order chi connectivity index (χ1) is 13.2. The van der Waals surface area contributed by atoms with Crippen molar-refractivity contribution in [3.05, 3.63) is 52.0 Å². The summed E-state index contributed by atoms with van der Waals surface area (Å²) in [6.45, 7) is -2.03. The number of ether oxygens (including phenoxy) is 3. The van der Waals surface area contributed by atoms with Crippen molar-refractivity contribution in [1.29, 1.82) is 5.26 Å². The number of halogens is 5. The van der Waals surface area contributed by atoms with E-state index in [1.807, 2.05) is 0 Å². The third-order valence-corrected chi connectivity index (χ3v) is 3.94. The van der Waals surface area contributed by atoms with Gasteiger partial charge in [0, 0.05) is 10.5 Å². The molecule has 0 amide bonds. The molecule has 0 N–H and O–H groups in total. The summed E-state index contributed by atoms with van der Waals surface area (Å²) in [4.78, 5) is 11.7. The van der Waals surface area contributed by atoms with Crippen LogP contribution in [0.5, 0.6) is 17.2 Å². The van der Waals surface area contributed by atoms with Gasteiger partial charge in [0.25, 0.3) is 0 Å². The Labute approximate surface area is 165 Å². The summed E-state index contributed by atoms with van der Waals surface area (Å²) in [6.07, 6.45) is 0. The number of carbonyl (C=O) groups is 1. The van der Waals surface area contributed by atoms with E-state index < -0.39 is 35.6 Å². The Kier molecular flexibility index (Phi) is 6.85. The molecule has 0 atom stereocenters. The quantitative estimate of drug-likeness (QED) is 0.409. The molecule has 0 heterocycles. The number of nitrogens with zero attached hydrogens (tertiary/aromatic N) is 1. The van der Waals surface area contributed by atoms with Gasteiger partial charge >= 0.3 is 18.5 Å². The summed E-state index contributed by atoms with van der Waals surface area (Å²) < 4.78 is 68.0. The molecule has 0 aromatic heterocycles. The van der Waals surface area contributed by atoms with Crippen molar-refractivity contribution in [2.24, 2.45) is 0 Å². The van der Waals surface area contributed by atoms with Crippen LogP contribution in [0.25, 0.3) is 0 Å². The Morgan fingerprint density at radius 1 is 1.25 bits per heavy atom. The Morgan fingerprint density at radius 3 is 2.54 bits per heavy atom. The first-order valence-corrected chi connectivity index (χ1v) is 8.50. The number of carbonyl (C=O) groups excluding carboxylic acids is 1. The van der Waals surface area contributed by atoms with E-state index in [-0.39, 0.29) is 22.4 Å². The van der Waals surface area contributed by atoms with Crippen molar-refractivity contribution in [3.63, 3.8) is 0 Å². The molecule has 10 heteroatoms. The summed E-state index contributed by atoms with van der Waals surface area (Å²) >= 11 is 2.95. The highest BCUT2D eigenvalue weighted by Crippen LogP contribution is 2.43. The molecular formula is C18H12BrF4NO4. The molecule has 2 aromatic rings. The first kappa shape index (κ1) is 21.5. The van der Waals surface area contributed by atoms with Crippen LogP contribution in [0.2, 0.25) is 0 Å². The Morgan fingerprint density at radius 2 is 1.93 bits per heavy atom. The topological polar surface area (TPSA) is 68.5 Å². The molecular weight excluding hydrogens is 450 g/mol. The van der Waals surface area contributed by atoms with Crippen LogP contribution in [0.15, 0.2) is 40.9 Å². The number of hydrogen-bond acceptors (Lipinski definition) is 5. The minimum absolute atomic E-state index is 0.0955. The number of benzene rings is 2. The lowest BCUT2D eigenvalue weighted by molar-refractivity contribution is -0.173. The standard InChI is InChI=1S/C18H12BrF4NO4/c1-2-26-16(25)18(22,23)15-13(19)4-3-5-14(15)27-11-6-10(9-24)7-12(8-11)28-17(20)21/h3-8,17H,2H2,1H3. The molecule has 0 radical (unpaired) electrons. The maximum absolute atomic E-state index is 14.6. The van der Waals surface area contributed by atoms with Crippen LogP contribution in [-0.4, -0.2) is 19.2 Å². The van der Waals surface area contributed by atoms with Gasteiger partial charge in [0.05, 0.1) is 23.8 Å². The minimum atomic E-state index is -4.05. The van der Waals surface area contributed by atoms with Crippen LogP contribution >= 0.6 is 15.9 Å². The first-order valence-electron chi connectivity index (χ1n) is 7.71. The largest absolute Gasteiger partial charge is 0.461 e. The predicted octanol–water partition coefficient (Wildman–Crippen LogP) is 5.37. The average molecular weight is 462 g/mol. The molecule has 2 aromatic carbocycles. The van der Waals surface area contributed by atoms with Crippen LogP contribution in [-0.2, 0) is 15.5 Å². The van der Waals surface area contributed by atoms with Gasteiger partial charge in [-0.1, -0.05) is 22.0 Å². The zero-order valence-electron chi connectivity index (χ0n) is 14.2. The lowest BCUT2D eigenvalue weighted by atomic mass is 10.1. The molecule has 0 aliphatic carbocycles. The monoisotopic (exact) mass is 461 g/mol. The van der Waals surface area contributed by atoms with Crippen LogP contribution in [0.1, 0.15) is 18.1 Å². The Hall–Kier alpha value is -2.80. The third-order valence-electron chi connectivity index (χ3n) is 3.28. The molecule has 0 spiro atoms. The van der Waals surface area contributed by atoms with Crippen LogP contribution in [0.3, 0.4) is 0 Å². The molecule has 0 aliphatic heterocycles. The summed E-state index contributed by atoms with van der Waals surface area (Å²) in [6, 6.07) is 8.69. The van der Waals surface area contributed by atoms with Crippen molar-refractivity contribution in [2.75, 3.05) is 6.61 Å². The van der Waals surface area contributed by atoms with E-state index in [2.05, 4.69) is 25.4 Å². The normalized spacial score (nSPS) is 11.1. The van der Waals surface area contributed by atoms with Crippen molar-refractivity contribution < 1.29 is 36.6 Å². The zero-order valence-corrected chi connectivity index (χ0v) is 15.8. The van der Waals surface area contributed by atoms with Gasteiger partial charge in [-0.2, -0.15) is 22.8 Å². The second-order valence-electron chi connectivity index (χ2n) is 5.19. The van der Waals surface area contributed by atoms with Crippen molar-refractivity contribution >= 4 is 21.9 Å². The fourth-order valence-electron chi connectivity index (χ4n) is 2.21. The molecule has 0 fully saturated rings. The van der Waals surface area contributed by atoms with E-state index in [0.29, 0.717) is 0 Å². The summed E-state index contributed by atoms with van der Waals surface area (Å²) in [7, 11) is 0. The van der Waals surface area contributed by atoms with Gasteiger partial charge < -0.3 is 14.2 Å². The molecule has 0 bridgehead atoms. The van der Waals surface area contributed by atoms with E-state index in [9.17, 15) is 22.4 Å². The van der Waals surface area contributed by atoms with Gasteiger partial charge in [-0.25, -0.2) is 4.79 Å². The van der Waals surface area contributed by atoms with Gasteiger partial charge in [-0.3, -0.25) is 0 Å². The molecule has 0 unspecified atom stereocenters. The summed E-state index contributed by atoms with van der Waals surface area (Å²) in [5, 5.41) is 9.01. The average Bonchev–Trinajstić information content (AvgIpc) is 2.60. The number of rotatable bonds is 7. The molecule has 148 valence electrons. The van der Waals surface area contributed by atoms with E-state index in [0.717, 1.165) is 24.3 Å². The highest BCUT2D eigenvalue weighted by Gasteiger charge is 2.46. The van der Waals surface area contributed by atoms with Crippen molar-refractivity contribution in [1.82, 2.24) is 0 Å². The predicted molar refractivity (Wildman–Crippen MR) is 92.5 cm³/mol. The van der Waals surface area contributed by atoms with Crippen LogP contribution < -0.4 is 9.47 Å². The molecule has 0 aliphatic rings. The van der Waals surface area contributed by atoms with E-state index in [1.54, 1.807) is 6.07 Å². The smallest absolute Gasteiger partial charge is 0.387 e. The third kappa shape index (κ3) is 4.92. The van der Waals surface area contributed by atoms with Crippen molar-refractivity contribution in [2.45, 2.75) is 19.5 Å². The number of nitriles is 1. The fraction of sp³-hybridized carbons (Fsp3) is 0.222. The molecule has 0 saturated heterocycles. The second kappa shape index (κ2) is 8.93. The maximum atomic E-state index is 14.6. The number of alkyl halides is 4. The second-order valence-corrected chi connectivity index (χ2v) is 6.05.